The molecule has 9 heteroatoms. The summed E-state index contributed by atoms with van der Waals surface area (Å²) in [4.78, 5) is 43.8. The van der Waals surface area contributed by atoms with Crippen molar-refractivity contribution in [2.24, 2.45) is 55.7 Å². The topological polar surface area (TPSA) is 107 Å². The maximum atomic E-state index is 14.3. The van der Waals surface area contributed by atoms with Crippen molar-refractivity contribution in [3.05, 3.63) is 46.0 Å². The quantitative estimate of drug-likeness (QED) is 0.190. The van der Waals surface area contributed by atoms with Crippen LogP contribution in [0, 0.1) is 55.7 Å². The molecule has 6 aliphatic rings. The smallest absolute Gasteiger partial charge is 0.309 e. The number of allylic oxidation sites excluding steroid dienone is 1. The number of halogens is 1. The van der Waals surface area contributed by atoms with Crippen LogP contribution in [0.15, 0.2) is 35.4 Å². The number of esters is 1. The number of aliphatic hydroxyl groups excluding tert-OH is 1. The van der Waals surface area contributed by atoms with Crippen LogP contribution in [0.3, 0.4) is 0 Å². The fourth-order valence-corrected chi connectivity index (χ4v) is 14.8. The van der Waals surface area contributed by atoms with E-state index < -0.39 is 28.9 Å². The average molecular weight is 808 g/mol. The van der Waals surface area contributed by atoms with E-state index >= 15 is 0 Å². The van der Waals surface area contributed by atoms with Gasteiger partial charge in [-0.15, -0.1) is 0 Å². The van der Waals surface area contributed by atoms with Gasteiger partial charge in [0.2, 0.25) is 0 Å². The maximum Gasteiger partial charge on any atom is 0.309 e. The maximum absolute atomic E-state index is 14.3. The number of ketones is 1. The summed E-state index contributed by atoms with van der Waals surface area (Å²) in [5.41, 5.74) is 1.73. The molecule has 0 amide bonds. The third kappa shape index (κ3) is 6.42. The van der Waals surface area contributed by atoms with Gasteiger partial charge in [-0.2, -0.15) is 0 Å². The molecule has 0 radical (unpaired) electrons. The molecule has 2 N–H and O–H groups in total. The summed E-state index contributed by atoms with van der Waals surface area (Å²) in [5, 5.41) is 23.1. The molecule has 5 saturated carbocycles. The largest absolute Gasteiger partial charge is 0.481 e. The molecule has 1 unspecified atom stereocenters. The lowest BCUT2D eigenvalue weighted by molar-refractivity contribution is -0.221. The molecular weight excluding hydrogens is 736 g/mol. The molecule has 8 nitrogen and oxygen atoms in total. The molecule has 0 saturated heterocycles. The van der Waals surface area contributed by atoms with Crippen LogP contribution < -0.4 is 0 Å². The first kappa shape index (κ1) is 42.8. The highest BCUT2D eigenvalue weighted by molar-refractivity contribution is 6.31. The highest BCUT2D eigenvalue weighted by Gasteiger charge is 2.82. The van der Waals surface area contributed by atoms with Crippen LogP contribution in [0.1, 0.15) is 132 Å². The Kier molecular flexibility index (Phi) is 10.9. The van der Waals surface area contributed by atoms with Crippen LogP contribution in [0.4, 0.5) is 0 Å². The highest BCUT2D eigenvalue weighted by atomic mass is 35.5. The van der Waals surface area contributed by atoms with Gasteiger partial charge in [-0.1, -0.05) is 76.9 Å². The number of carboxylic acids is 1. The second-order valence-corrected chi connectivity index (χ2v) is 22.3. The van der Waals surface area contributed by atoms with Crippen LogP contribution in [-0.2, 0) is 25.7 Å². The van der Waals surface area contributed by atoms with Crippen molar-refractivity contribution >= 4 is 29.3 Å². The van der Waals surface area contributed by atoms with Crippen molar-refractivity contribution in [1.82, 2.24) is 9.80 Å². The Hall–Kier alpha value is -2.26. The second kappa shape index (κ2) is 14.4. The van der Waals surface area contributed by atoms with Gasteiger partial charge in [0.25, 0.3) is 0 Å². The summed E-state index contributed by atoms with van der Waals surface area (Å²) in [6, 6.07) is 7.99. The van der Waals surface area contributed by atoms with Gasteiger partial charge >= 0.3 is 11.9 Å². The molecular formula is C48H71ClN2O6. The molecule has 0 aliphatic heterocycles. The number of aliphatic carboxylic acids is 1. The normalized spacial score (nSPS) is 39.0. The number of fused-ring (bicyclic) bond motifs is 6. The molecule has 316 valence electrons. The molecule has 1 aromatic rings. The number of rotatable bonds is 13. The minimum absolute atomic E-state index is 0.0248. The van der Waals surface area contributed by atoms with E-state index in [1.165, 1.54) is 5.57 Å². The Bertz CT molecular complexity index is 1820. The first-order valence-electron chi connectivity index (χ1n) is 22.0. The Morgan fingerprint density at radius 3 is 2.26 bits per heavy atom. The third-order valence-corrected chi connectivity index (χ3v) is 18.5. The van der Waals surface area contributed by atoms with E-state index in [1.54, 1.807) is 13.8 Å². The van der Waals surface area contributed by atoms with Crippen LogP contribution in [0.25, 0.3) is 0 Å². The number of hydrogen-bond donors (Lipinski definition) is 2. The molecule has 6 aliphatic carbocycles. The Morgan fingerprint density at radius 2 is 1.61 bits per heavy atom. The van der Waals surface area contributed by atoms with Crippen molar-refractivity contribution in [3.63, 3.8) is 0 Å². The predicted molar refractivity (Wildman–Crippen MR) is 225 cm³/mol. The fraction of sp³-hybridized carbons (Fsp3) is 0.771. The number of carboxylic acid groups (broad SMARTS) is 1. The summed E-state index contributed by atoms with van der Waals surface area (Å²) in [6.07, 6.45) is 8.41. The molecule has 7 rings (SSSR count). The van der Waals surface area contributed by atoms with Crippen LogP contribution in [0.2, 0.25) is 5.02 Å². The minimum Gasteiger partial charge on any atom is -0.481 e. The first-order valence-corrected chi connectivity index (χ1v) is 22.4. The van der Waals surface area contributed by atoms with Gasteiger partial charge in [0.05, 0.1) is 17.9 Å². The van der Waals surface area contributed by atoms with Crippen molar-refractivity contribution in [1.29, 1.82) is 0 Å². The lowest BCUT2D eigenvalue weighted by Crippen LogP contribution is -2.65. The summed E-state index contributed by atoms with van der Waals surface area (Å²) in [6.45, 7) is 20.4. The standard InChI is InChI=1S/C48H71ClN2O6/c1-30(2)39-34(52)25-47(36(53)28-51(24-23-50(9)10)27-31-13-11-12-14-33(31)49)21-19-43(5)32(40(39)47)15-16-35-44(43,6)20-22-48-29-46(48,8)37(17-18-45(35,48)7)57-38(54)26-42(3,4)41(55)56/h11-14,30,32,35-37,53H,15-29H2,1-10H3,(H,55,56)/t32-,35+,36-,37+,43-,44-,45-,46?,47+,48+/m1/s1. The van der Waals surface area contributed by atoms with E-state index in [4.69, 9.17) is 16.3 Å². The van der Waals surface area contributed by atoms with E-state index in [0.717, 1.165) is 87.0 Å². The van der Waals surface area contributed by atoms with Gasteiger partial charge in [-0.05, 0) is 142 Å². The van der Waals surface area contributed by atoms with Crippen molar-refractivity contribution in [2.75, 3.05) is 33.7 Å². The Balaban J connectivity index is 1.17. The number of nitrogens with zero attached hydrogens (tertiary/aromatic N) is 2. The molecule has 10 atom stereocenters. The Morgan fingerprint density at radius 1 is 0.930 bits per heavy atom. The number of carbonyl (C=O) groups is 3. The Labute approximate surface area is 347 Å². The number of Topliss-reactive ketones (excluding diaryl/α,β-unsaturated/α-hetero) is 1. The molecule has 57 heavy (non-hydrogen) atoms. The predicted octanol–water partition coefficient (Wildman–Crippen LogP) is 9.21. The molecule has 1 aromatic carbocycles. The van der Waals surface area contributed by atoms with Gasteiger partial charge in [0.15, 0.2) is 5.78 Å². The van der Waals surface area contributed by atoms with Crippen molar-refractivity contribution in [3.8, 4) is 0 Å². The van der Waals surface area contributed by atoms with Gasteiger partial charge in [-0.3, -0.25) is 19.3 Å². The van der Waals surface area contributed by atoms with E-state index in [9.17, 15) is 24.6 Å². The van der Waals surface area contributed by atoms with Crippen molar-refractivity contribution in [2.45, 2.75) is 145 Å². The molecule has 1 spiro atoms. The van der Waals surface area contributed by atoms with E-state index in [-0.39, 0.29) is 57.2 Å². The lowest BCUT2D eigenvalue weighted by atomic mass is 9.33. The molecule has 0 heterocycles. The molecule has 0 aromatic heterocycles. The summed E-state index contributed by atoms with van der Waals surface area (Å²) < 4.78 is 6.23. The number of ether oxygens (including phenoxy) is 1. The van der Waals surface area contributed by atoms with Gasteiger partial charge in [0.1, 0.15) is 6.10 Å². The number of benzene rings is 1. The van der Waals surface area contributed by atoms with E-state index in [2.05, 4.69) is 71.5 Å². The van der Waals surface area contributed by atoms with Crippen LogP contribution >= 0.6 is 11.6 Å². The number of likely N-dealkylation sites (N-methyl/N-ethyl adjacent to an activating group) is 1. The molecule has 5 fully saturated rings. The lowest BCUT2D eigenvalue weighted by Gasteiger charge is -2.71. The first-order chi connectivity index (χ1) is 26.5. The fourth-order valence-electron chi connectivity index (χ4n) is 14.6. The van der Waals surface area contributed by atoms with Gasteiger partial charge in [0, 0.05) is 48.5 Å². The highest BCUT2D eigenvalue weighted by Crippen LogP contribution is 2.87. The van der Waals surface area contributed by atoms with Gasteiger partial charge in [-0.25, -0.2) is 0 Å². The monoisotopic (exact) mass is 807 g/mol. The third-order valence-electron chi connectivity index (χ3n) is 18.1. The minimum atomic E-state index is -1.16. The van der Waals surface area contributed by atoms with Gasteiger partial charge < -0.3 is 19.8 Å². The van der Waals surface area contributed by atoms with Crippen molar-refractivity contribution < 1.29 is 29.3 Å². The zero-order valence-electron chi connectivity index (χ0n) is 36.6. The van der Waals surface area contributed by atoms with Crippen LogP contribution in [-0.4, -0.2) is 83.7 Å². The van der Waals surface area contributed by atoms with E-state index in [0.29, 0.717) is 25.4 Å². The van der Waals surface area contributed by atoms with Crippen LogP contribution in [0.5, 0.6) is 0 Å². The zero-order valence-corrected chi connectivity index (χ0v) is 37.4. The zero-order chi connectivity index (χ0) is 41.7. The number of aliphatic hydroxyl groups is 1. The molecule has 0 bridgehead atoms. The summed E-state index contributed by atoms with van der Waals surface area (Å²) in [5.74, 6) is -0.304. The SMILES string of the molecule is CC(C)C1=C2[C@H]3CC[C@@H]4[C@@]5(C)CC[C@H](OC(=O)CC(C)(C)C(=O)O)C6(C)C[C@]65CC[C@@]4(C)[C@]3(C)CC[C@@]2([C@H](O)CN(CCN(C)C)Cc2ccccc2Cl)CC1=O. The van der Waals surface area contributed by atoms with E-state index in [1.807, 2.05) is 18.2 Å². The second-order valence-electron chi connectivity index (χ2n) is 21.9. The summed E-state index contributed by atoms with van der Waals surface area (Å²) >= 11 is 6.68. The number of hydrogen-bond acceptors (Lipinski definition) is 7. The summed E-state index contributed by atoms with van der Waals surface area (Å²) in [7, 11) is 4.16. The average Bonchev–Trinajstić information content (AvgIpc) is 3.65. The number of carbonyl (C=O) groups excluding carboxylic acids is 2.